The molecule has 0 N–H and O–H groups in total. The van der Waals surface area contributed by atoms with E-state index < -0.39 is 70.1 Å². The van der Waals surface area contributed by atoms with Crippen molar-refractivity contribution in [2.45, 2.75) is 159 Å². The molecule has 6 aliphatic heterocycles. The van der Waals surface area contributed by atoms with Crippen LogP contribution in [0, 0.1) is 30.2 Å². The monoisotopic (exact) mass is 1320 g/mol. The summed E-state index contributed by atoms with van der Waals surface area (Å²) in [6.45, 7) is 15.0. The molecule has 6 fully saturated rings. The van der Waals surface area contributed by atoms with Crippen LogP contribution in [0.25, 0.3) is 65.9 Å². The summed E-state index contributed by atoms with van der Waals surface area (Å²) in [4.78, 5) is 66.3. The molecule has 0 saturated carbocycles. The lowest BCUT2D eigenvalue weighted by Gasteiger charge is -2.34. The number of anilines is 2. The molecule has 6 saturated heterocycles. The van der Waals surface area contributed by atoms with Gasteiger partial charge < -0.3 is 38.5 Å². The van der Waals surface area contributed by atoms with Crippen LogP contribution in [0.3, 0.4) is 0 Å². The Labute approximate surface area is 553 Å². The summed E-state index contributed by atoms with van der Waals surface area (Å²) >= 11 is 0. The number of likely N-dealkylation sites (tertiary alicyclic amines) is 2. The second-order valence-corrected chi connectivity index (χ2v) is 29.2. The number of likely N-dealkylation sites (N-methyl/N-ethyl adjacent to an activating group) is 2. The second kappa shape index (κ2) is 24.6. The highest BCUT2D eigenvalue weighted by atomic mass is 19.2. The Morgan fingerprint density at radius 2 is 1.16 bits per heavy atom. The molecule has 14 rings (SSSR count). The number of pyridine rings is 2. The number of aromatic nitrogens is 6. The third-order valence-electron chi connectivity index (χ3n) is 20.7. The van der Waals surface area contributed by atoms with Crippen LogP contribution >= 0.6 is 0 Å². The van der Waals surface area contributed by atoms with Crippen molar-refractivity contribution in [3.05, 3.63) is 107 Å². The molecule has 506 valence electrons. The number of carbonyl (C=O) groups is 2. The zero-order valence-corrected chi connectivity index (χ0v) is 55.6. The molecule has 24 heteroatoms. The van der Waals surface area contributed by atoms with E-state index in [9.17, 15) is 14.0 Å². The van der Waals surface area contributed by atoms with Gasteiger partial charge in [0.1, 0.15) is 82.5 Å². The number of amides is 2. The Balaban J connectivity index is 0.766. The lowest BCUT2D eigenvalue weighted by molar-refractivity contribution is 0.0282. The number of hydrogen-bond acceptors (Lipinski definition) is 16. The first-order valence-corrected chi connectivity index (χ1v) is 33.3. The molecule has 10 heterocycles. The second-order valence-electron chi connectivity index (χ2n) is 29.2. The van der Waals surface area contributed by atoms with Gasteiger partial charge in [-0.2, -0.15) is 19.9 Å². The van der Waals surface area contributed by atoms with E-state index in [0.717, 1.165) is 19.4 Å². The SMILES string of the molecule is Cc1c(F)ccc2cccc(-c3ncc4c(N(C)[C@@H]5CCN(C(=O)OC(C)(C)C)C5)nc(OC[C@@]56CCC(Cc7c(F)ccc8c(-c9ncc%10c(N(C)[C@@H]%11CCN(C(=O)OC(C)(C)C)C%11)nc(OC[C@@]%11%12CCCN%11C[C@H](F)C%12)nc%10c9F)cccc78)N5C[C@H](F)C6)nc4c3F)c12. The van der Waals surface area contributed by atoms with E-state index in [2.05, 4.69) is 9.88 Å². The van der Waals surface area contributed by atoms with Crippen molar-refractivity contribution in [3.8, 4) is 34.5 Å². The van der Waals surface area contributed by atoms with Gasteiger partial charge >= 0.3 is 24.2 Å². The maximum Gasteiger partial charge on any atom is 0.410 e. The molecular weight excluding hydrogens is 1240 g/mol. The van der Waals surface area contributed by atoms with Gasteiger partial charge in [-0.05, 0) is 145 Å². The molecule has 1 unspecified atom stereocenters. The van der Waals surface area contributed by atoms with E-state index in [1.54, 1.807) is 87.0 Å². The minimum atomic E-state index is -1.26. The third-order valence-corrected chi connectivity index (χ3v) is 20.7. The van der Waals surface area contributed by atoms with Crippen LogP contribution < -0.4 is 19.3 Å². The summed E-state index contributed by atoms with van der Waals surface area (Å²) in [5.41, 5.74) is -1.70. The van der Waals surface area contributed by atoms with Gasteiger partial charge in [0, 0.05) is 108 Å². The number of alkyl halides is 2. The first-order valence-electron chi connectivity index (χ1n) is 33.3. The number of nitrogens with zero attached hydrogens (tertiary/aromatic N) is 12. The average Bonchev–Trinajstić information content (AvgIpc) is 0.903. The number of ether oxygens (including phenoxy) is 4. The Kier molecular flexibility index (Phi) is 16.6. The van der Waals surface area contributed by atoms with Gasteiger partial charge in [0.25, 0.3) is 0 Å². The van der Waals surface area contributed by atoms with Crippen molar-refractivity contribution in [3.63, 3.8) is 0 Å². The fraction of sp³-hybridized carbons (Fsp3) is 0.500. The number of carbonyl (C=O) groups excluding carboxylic acids is 2. The quantitative estimate of drug-likeness (QED) is 0.0942. The van der Waals surface area contributed by atoms with Gasteiger partial charge in [-0.3, -0.25) is 19.8 Å². The number of halogens is 6. The largest absolute Gasteiger partial charge is 0.461 e. The number of benzene rings is 4. The van der Waals surface area contributed by atoms with Crippen molar-refractivity contribution in [2.75, 3.05) is 82.9 Å². The van der Waals surface area contributed by atoms with Gasteiger partial charge in [-0.25, -0.2) is 35.9 Å². The number of hydrogen-bond donors (Lipinski definition) is 0. The van der Waals surface area contributed by atoms with E-state index >= 15 is 22.0 Å². The molecule has 18 nitrogen and oxygen atoms in total. The molecule has 8 aromatic rings. The standard InChI is InChI=1S/C72H80F6N12O6/c1-40-54(75)19-17-41-13-10-16-50(56(40)41)60-58(78)62-53(33-80-60)64(86(9)46-23-28-88(37-46)68(92)96-70(5,6)7)84-66(82-62)94-39-72-25-21-44(90(72)35-43(74)31-72)29-51-47-14-11-15-49(48(47)18-20-55(51)76)59-57(77)61-52(32-79-59)63(85(8)45-22-27-87(36-45)67(91)95-69(2,3)4)83-65(81-61)93-38-71-24-12-26-89(71)34-42(73)30-71/h10-11,13-20,32-33,42-46H,12,21-31,34-39H2,1-9H3/t42-,43-,44?,45-,46-,71+,72+/m1/s1. The maximum atomic E-state index is 17.9. The van der Waals surface area contributed by atoms with Crippen molar-refractivity contribution >= 4 is 67.2 Å². The maximum absolute atomic E-state index is 17.9. The van der Waals surface area contributed by atoms with Crippen LogP contribution in [0.4, 0.5) is 47.6 Å². The highest BCUT2D eigenvalue weighted by Crippen LogP contribution is 2.47. The van der Waals surface area contributed by atoms with Crippen LogP contribution in [0.5, 0.6) is 12.0 Å². The summed E-state index contributed by atoms with van der Waals surface area (Å²) in [5, 5.41) is 2.79. The molecule has 0 aliphatic carbocycles. The topological polar surface area (TPSA) is 168 Å². The van der Waals surface area contributed by atoms with E-state index in [0.29, 0.717) is 113 Å². The Morgan fingerprint density at radius 3 is 1.77 bits per heavy atom. The summed E-state index contributed by atoms with van der Waals surface area (Å²) in [6, 6.07) is 15.3. The predicted molar refractivity (Wildman–Crippen MR) is 354 cm³/mol. The Bertz CT molecular complexity index is 4400. The zero-order valence-electron chi connectivity index (χ0n) is 55.6. The Hall–Kier alpha value is -8.38. The highest BCUT2D eigenvalue weighted by molar-refractivity contribution is 6.02. The van der Waals surface area contributed by atoms with Crippen molar-refractivity contribution < 1.29 is 54.9 Å². The van der Waals surface area contributed by atoms with Crippen molar-refractivity contribution in [1.82, 2.24) is 49.5 Å². The van der Waals surface area contributed by atoms with E-state index in [1.165, 1.54) is 24.5 Å². The Morgan fingerprint density at radius 1 is 0.604 bits per heavy atom. The molecule has 0 spiro atoms. The average molecular weight is 1320 g/mol. The van der Waals surface area contributed by atoms with Gasteiger partial charge in [0.2, 0.25) is 0 Å². The summed E-state index contributed by atoms with van der Waals surface area (Å²) in [5.74, 6) is -1.87. The summed E-state index contributed by atoms with van der Waals surface area (Å²) in [7, 11) is 3.63. The van der Waals surface area contributed by atoms with E-state index in [-0.39, 0.29) is 103 Å². The van der Waals surface area contributed by atoms with Crippen molar-refractivity contribution in [2.24, 2.45) is 0 Å². The van der Waals surface area contributed by atoms with Crippen molar-refractivity contribution in [1.29, 1.82) is 0 Å². The number of aryl methyl sites for hydroxylation is 1. The summed E-state index contributed by atoms with van der Waals surface area (Å²) in [6.07, 6.45) is 4.15. The molecule has 7 atom stereocenters. The molecule has 2 amide bonds. The van der Waals surface area contributed by atoms with Crippen LogP contribution in [-0.4, -0.2) is 188 Å². The minimum Gasteiger partial charge on any atom is -0.461 e. The first kappa shape index (κ1) is 64.9. The molecule has 0 radical (unpaired) electrons. The van der Waals surface area contributed by atoms with E-state index in [1.807, 2.05) is 48.6 Å². The predicted octanol–water partition coefficient (Wildman–Crippen LogP) is 13.3. The normalized spacial score (nSPS) is 23.8. The molecule has 6 aliphatic rings. The fourth-order valence-corrected chi connectivity index (χ4v) is 16.0. The molecular formula is C72H80F6N12O6. The highest BCUT2D eigenvalue weighted by Gasteiger charge is 2.54. The lowest BCUT2D eigenvalue weighted by atomic mass is 9.92. The smallest absolute Gasteiger partial charge is 0.410 e. The van der Waals surface area contributed by atoms with Crippen LogP contribution in [0.15, 0.2) is 73.1 Å². The molecule has 96 heavy (non-hydrogen) atoms. The zero-order chi connectivity index (χ0) is 67.5. The van der Waals surface area contributed by atoms with Gasteiger partial charge in [-0.15, -0.1) is 0 Å². The summed E-state index contributed by atoms with van der Waals surface area (Å²) < 4.78 is 123. The molecule has 4 aromatic carbocycles. The fourth-order valence-electron chi connectivity index (χ4n) is 16.0. The van der Waals surface area contributed by atoms with Crippen LogP contribution in [0.1, 0.15) is 104 Å². The van der Waals surface area contributed by atoms with Gasteiger partial charge in [-0.1, -0.05) is 48.5 Å². The van der Waals surface area contributed by atoms with Crippen LogP contribution in [-0.2, 0) is 15.9 Å². The van der Waals surface area contributed by atoms with E-state index in [4.69, 9.17) is 43.9 Å². The number of fused-ring (bicyclic) bond motifs is 6. The number of rotatable bonds is 14. The lowest BCUT2D eigenvalue weighted by Crippen LogP contribution is -2.47. The molecule has 0 bridgehead atoms. The van der Waals surface area contributed by atoms with Gasteiger partial charge in [0.15, 0.2) is 11.6 Å². The van der Waals surface area contributed by atoms with Crippen LogP contribution in [0.2, 0.25) is 0 Å². The first-order chi connectivity index (χ1) is 45.7. The third kappa shape index (κ3) is 11.9. The molecule has 4 aromatic heterocycles. The van der Waals surface area contributed by atoms with Gasteiger partial charge in [0.05, 0.1) is 21.9 Å². The minimum absolute atomic E-state index is 0.0397.